The molecule has 0 heterocycles. The van der Waals surface area contributed by atoms with Crippen molar-refractivity contribution in [2.24, 2.45) is 10.9 Å². The highest BCUT2D eigenvalue weighted by Crippen LogP contribution is 2.09. The van der Waals surface area contributed by atoms with Gasteiger partial charge in [-0.1, -0.05) is 5.16 Å². The number of nitrogens with two attached hydrogens (primary N) is 1. The Morgan fingerprint density at radius 1 is 1.47 bits per heavy atom. The third-order valence-corrected chi connectivity index (χ3v) is 2.65. The van der Waals surface area contributed by atoms with Gasteiger partial charge in [0.2, 0.25) is 0 Å². The van der Waals surface area contributed by atoms with Gasteiger partial charge in [-0.3, -0.25) is 0 Å². The molecule has 1 rings (SSSR count). The number of hydrogen-bond acceptors (Lipinski definition) is 4. The highest BCUT2D eigenvalue weighted by Gasteiger charge is 2.07. The first-order chi connectivity index (χ1) is 8.92. The van der Waals surface area contributed by atoms with Gasteiger partial charge in [0.25, 0.3) is 0 Å². The van der Waals surface area contributed by atoms with Gasteiger partial charge in [-0.05, 0) is 44.8 Å². The number of likely N-dealkylation sites (N-methyl/N-ethyl adjacent to an activating group) is 1. The average Bonchev–Trinajstić information content (AvgIpc) is 2.34. The Morgan fingerprint density at radius 3 is 2.74 bits per heavy atom. The van der Waals surface area contributed by atoms with E-state index in [-0.39, 0.29) is 11.9 Å². The maximum absolute atomic E-state index is 13.4. The van der Waals surface area contributed by atoms with E-state index in [2.05, 4.69) is 22.3 Å². The van der Waals surface area contributed by atoms with E-state index in [4.69, 9.17) is 10.9 Å². The number of oxime groups is 1. The first-order valence-corrected chi connectivity index (χ1v) is 6.08. The van der Waals surface area contributed by atoms with Gasteiger partial charge in [0, 0.05) is 24.7 Å². The van der Waals surface area contributed by atoms with Gasteiger partial charge in [0.05, 0.1) is 0 Å². The number of halogens is 1. The summed E-state index contributed by atoms with van der Waals surface area (Å²) in [5, 5.41) is 14.8. The van der Waals surface area contributed by atoms with Crippen LogP contribution >= 0.6 is 0 Å². The lowest BCUT2D eigenvalue weighted by Gasteiger charge is -2.18. The minimum Gasteiger partial charge on any atom is -0.409 e. The fourth-order valence-electron chi connectivity index (χ4n) is 1.86. The molecule has 0 saturated heterocycles. The van der Waals surface area contributed by atoms with Crippen LogP contribution in [0.15, 0.2) is 23.4 Å². The fraction of sp³-hybridized carbons (Fsp3) is 0.462. The molecule has 0 amide bonds. The molecule has 0 aliphatic carbocycles. The normalized spacial score (nSPS) is 13.8. The second kappa shape index (κ2) is 7.06. The van der Waals surface area contributed by atoms with E-state index in [0.29, 0.717) is 12.1 Å². The molecule has 0 bridgehead atoms. The monoisotopic (exact) mass is 268 g/mol. The van der Waals surface area contributed by atoms with Crippen LogP contribution in [0.1, 0.15) is 18.1 Å². The predicted octanol–water partition coefficient (Wildman–Crippen LogP) is 0.960. The summed E-state index contributed by atoms with van der Waals surface area (Å²) < 4.78 is 13.4. The SMILES string of the molecule is CC(CN(C)C)NCc1cc(F)cc(/C(N)=N/O)c1. The molecule has 6 heteroatoms. The lowest BCUT2D eigenvalue weighted by molar-refractivity contribution is 0.318. The van der Waals surface area contributed by atoms with Gasteiger partial charge in [0.15, 0.2) is 5.84 Å². The maximum atomic E-state index is 13.4. The Kier molecular flexibility index (Phi) is 5.72. The summed E-state index contributed by atoms with van der Waals surface area (Å²) in [5.74, 6) is -0.497. The Bertz CT molecular complexity index is 448. The number of nitrogens with one attached hydrogen (secondary N) is 1. The fourth-order valence-corrected chi connectivity index (χ4v) is 1.86. The molecule has 0 aromatic heterocycles. The molecule has 0 aliphatic heterocycles. The van der Waals surface area contributed by atoms with Crippen LogP contribution in [-0.2, 0) is 6.54 Å². The predicted molar refractivity (Wildman–Crippen MR) is 73.8 cm³/mol. The van der Waals surface area contributed by atoms with E-state index in [9.17, 15) is 4.39 Å². The quantitative estimate of drug-likeness (QED) is 0.311. The zero-order chi connectivity index (χ0) is 14.4. The van der Waals surface area contributed by atoms with Gasteiger partial charge in [-0.15, -0.1) is 0 Å². The third-order valence-electron chi connectivity index (χ3n) is 2.65. The molecule has 1 unspecified atom stereocenters. The molecular weight excluding hydrogens is 247 g/mol. The van der Waals surface area contributed by atoms with Crippen molar-refractivity contribution in [3.8, 4) is 0 Å². The van der Waals surface area contributed by atoms with Crippen molar-refractivity contribution in [2.75, 3.05) is 20.6 Å². The summed E-state index contributed by atoms with van der Waals surface area (Å²) in [6, 6.07) is 4.66. The highest BCUT2D eigenvalue weighted by atomic mass is 19.1. The number of amidine groups is 1. The van der Waals surface area contributed by atoms with Crippen LogP contribution < -0.4 is 11.1 Å². The largest absolute Gasteiger partial charge is 0.409 e. The van der Waals surface area contributed by atoms with Crippen LogP contribution in [0.2, 0.25) is 0 Å². The van der Waals surface area contributed by atoms with Crippen molar-refractivity contribution >= 4 is 5.84 Å². The lowest BCUT2D eigenvalue weighted by Crippen LogP contribution is -2.35. The van der Waals surface area contributed by atoms with E-state index in [1.807, 2.05) is 14.1 Å². The minimum absolute atomic E-state index is 0.0953. The topological polar surface area (TPSA) is 73.9 Å². The summed E-state index contributed by atoms with van der Waals surface area (Å²) in [6.07, 6.45) is 0. The molecule has 4 N–H and O–H groups in total. The van der Waals surface area contributed by atoms with Gasteiger partial charge in [-0.2, -0.15) is 0 Å². The first-order valence-electron chi connectivity index (χ1n) is 6.08. The van der Waals surface area contributed by atoms with Crippen molar-refractivity contribution < 1.29 is 9.60 Å². The summed E-state index contributed by atoms with van der Waals surface area (Å²) in [7, 11) is 3.99. The van der Waals surface area contributed by atoms with E-state index in [0.717, 1.165) is 12.1 Å². The van der Waals surface area contributed by atoms with Crippen molar-refractivity contribution in [3.63, 3.8) is 0 Å². The van der Waals surface area contributed by atoms with Crippen LogP contribution in [0.5, 0.6) is 0 Å². The second-order valence-electron chi connectivity index (χ2n) is 4.88. The van der Waals surface area contributed by atoms with E-state index in [1.165, 1.54) is 12.1 Å². The molecule has 0 spiro atoms. The Morgan fingerprint density at radius 2 is 2.16 bits per heavy atom. The molecular formula is C13H21FN4O. The standard InChI is InChI=1S/C13H21FN4O/c1-9(8-18(2)3)16-7-10-4-11(13(15)17-19)6-12(14)5-10/h4-6,9,16,19H,7-8H2,1-3H3,(H2,15,17). The summed E-state index contributed by atoms with van der Waals surface area (Å²) in [4.78, 5) is 2.07. The number of rotatable bonds is 6. The summed E-state index contributed by atoms with van der Waals surface area (Å²) in [6.45, 7) is 3.48. The second-order valence-corrected chi connectivity index (χ2v) is 4.88. The summed E-state index contributed by atoms with van der Waals surface area (Å²) in [5.41, 5.74) is 6.59. The Hall–Kier alpha value is -1.66. The number of nitrogens with zero attached hydrogens (tertiary/aromatic N) is 2. The Labute approximate surface area is 112 Å². The molecule has 1 aromatic carbocycles. The van der Waals surface area contributed by atoms with Crippen LogP contribution in [0.25, 0.3) is 0 Å². The summed E-state index contributed by atoms with van der Waals surface area (Å²) >= 11 is 0. The lowest BCUT2D eigenvalue weighted by atomic mass is 10.1. The smallest absolute Gasteiger partial charge is 0.170 e. The molecule has 5 nitrogen and oxygen atoms in total. The van der Waals surface area contributed by atoms with Crippen molar-refractivity contribution in [3.05, 3.63) is 35.1 Å². The van der Waals surface area contributed by atoms with E-state index in [1.54, 1.807) is 6.07 Å². The van der Waals surface area contributed by atoms with Crippen LogP contribution in [0.3, 0.4) is 0 Å². The molecule has 1 atom stereocenters. The molecule has 1 aromatic rings. The average molecular weight is 268 g/mol. The van der Waals surface area contributed by atoms with Crippen LogP contribution in [0, 0.1) is 5.82 Å². The maximum Gasteiger partial charge on any atom is 0.170 e. The Balaban J connectivity index is 2.71. The molecule has 0 radical (unpaired) electrons. The molecule has 0 aliphatic rings. The first kappa shape index (κ1) is 15.4. The van der Waals surface area contributed by atoms with Gasteiger partial charge in [-0.25, -0.2) is 4.39 Å². The molecule has 106 valence electrons. The van der Waals surface area contributed by atoms with Crippen LogP contribution in [-0.4, -0.2) is 42.6 Å². The number of benzene rings is 1. The number of hydrogen-bond donors (Lipinski definition) is 3. The third kappa shape index (κ3) is 5.23. The van der Waals surface area contributed by atoms with Gasteiger partial charge in [0.1, 0.15) is 5.82 Å². The highest BCUT2D eigenvalue weighted by molar-refractivity contribution is 5.97. The zero-order valence-corrected chi connectivity index (χ0v) is 11.5. The molecule has 0 fully saturated rings. The van der Waals surface area contributed by atoms with Gasteiger partial charge >= 0.3 is 0 Å². The minimum atomic E-state index is -0.402. The zero-order valence-electron chi connectivity index (χ0n) is 11.5. The molecule has 19 heavy (non-hydrogen) atoms. The molecule has 0 saturated carbocycles. The van der Waals surface area contributed by atoms with Crippen molar-refractivity contribution in [1.29, 1.82) is 0 Å². The van der Waals surface area contributed by atoms with E-state index < -0.39 is 5.82 Å². The van der Waals surface area contributed by atoms with Gasteiger partial charge < -0.3 is 21.2 Å². The van der Waals surface area contributed by atoms with Crippen LogP contribution in [0.4, 0.5) is 4.39 Å². The van der Waals surface area contributed by atoms with E-state index >= 15 is 0 Å². The van der Waals surface area contributed by atoms with Crippen molar-refractivity contribution in [1.82, 2.24) is 10.2 Å². The van der Waals surface area contributed by atoms with Crippen molar-refractivity contribution in [2.45, 2.75) is 19.5 Å².